The highest BCUT2D eigenvalue weighted by Crippen LogP contribution is 2.22. The van der Waals surface area contributed by atoms with Gasteiger partial charge >= 0.3 is 0 Å². The van der Waals surface area contributed by atoms with E-state index in [1.165, 1.54) is 0 Å². The molecule has 112 valence electrons. The largest absolute Gasteiger partial charge is 0.394 e. The molecule has 0 radical (unpaired) electrons. The zero-order valence-electron chi connectivity index (χ0n) is 11.4. The smallest absolute Gasteiger partial charge is 0.240 e. The molecule has 0 saturated heterocycles. The Hall–Kier alpha value is -1.15. The highest BCUT2D eigenvalue weighted by molar-refractivity contribution is 7.89. The average molecular weight is 300 g/mol. The number of sulfonamides is 1. The minimum atomic E-state index is -3.41. The topological polar surface area (TPSA) is 87.7 Å². The van der Waals surface area contributed by atoms with Crippen molar-refractivity contribution in [1.29, 1.82) is 0 Å². The molecule has 0 aliphatic heterocycles. The number of benzene rings is 1. The normalized spacial score (nSPS) is 16.9. The minimum absolute atomic E-state index is 0.0584. The molecule has 2 rings (SSSR count). The van der Waals surface area contributed by atoms with Crippen molar-refractivity contribution in [2.24, 2.45) is 0 Å². The molecule has 1 fully saturated rings. The van der Waals surface area contributed by atoms with Crippen molar-refractivity contribution in [3.8, 4) is 0 Å². The van der Waals surface area contributed by atoms with E-state index in [0.717, 1.165) is 18.5 Å². The summed E-state index contributed by atoms with van der Waals surface area (Å²) in [7, 11) is -1.85. The molecule has 0 spiro atoms. The molecule has 1 saturated carbocycles. The van der Waals surface area contributed by atoms with E-state index in [2.05, 4.69) is 10.0 Å². The van der Waals surface area contributed by atoms with E-state index in [9.17, 15) is 8.42 Å². The van der Waals surface area contributed by atoms with E-state index in [1.807, 2.05) is 0 Å². The van der Waals surface area contributed by atoms with E-state index < -0.39 is 10.0 Å². The third-order valence-corrected chi connectivity index (χ3v) is 4.56. The highest BCUT2D eigenvalue weighted by atomic mass is 32.2. The van der Waals surface area contributed by atoms with Crippen LogP contribution in [-0.2, 0) is 14.8 Å². The minimum Gasteiger partial charge on any atom is -0.394 e. The van der Waals surface area contributed by atoms with Gasteiger partial charge in [0.05, 0.1) is 24.2 Å². The molecule has 3 N–H and O–H groups in total. The third kappa shape index (κ3) is 4.17. The van der Waals surface area contributed by atoms with Crippen LogP contribution in [0.4, 0.5) is 5.69 Å². The van der Waals surface area contributed by atoms with Crippen molar-refractivity contribution in [2.45, 2.75) is 29.8 Å². The lowest BCUT2D eigenvalue weighted by Gasteiger charge is -2.16. The van der Waals surface area contributed by atoms with Gasteiger partial charge in [0, 0.05) is 18.8 Å². The van der Waals surface area contributed by atoms with Crippen LogP contribution in [0, 0.1) is 0 Å². The molecule has 1 aliphatic rings. The maximum atomic E-state index is 12.0. The summed E-state index contributed by atoms with van der Waals surface area (Å²) < 4.78 is 31.6. The SMILES string of the molecule is COCC(CO)Nc1ccc(S(=O)(=O)NC2CC2)cc1. The van der Waals surface area contributed by atoms with Gasteiger partial charge in [0.2, 0.25) is 10.0 Å². The number of hydrogen-bond donors (Lipinski definition) is 3. The first-order chi connectivity index (χ1) is 9.55. The van der Waals surface area contributed by atoms with Crippen molar-refractivity contribution in [3.63, 3.8) is 0 Å². The summed E-state index contributed by atoms with van der Waals surface area (Å²) in [6, 6.07) is 6.34. The Morgan fingerprint density at radius 2 is 2.00 bits per heavy atom. The highest BCUT2D eigenvalue weighted by Gasteiger charge is 2.27. The van der Waals surface area contributed by atoms with Gasteiger partial charge in [0.15, 0.2) is 0 Å². The van der Waals surface area contributed by atoms with Crippen LogP contribution in [0.3, 0.4) is 0 Å². The quantitative estimate of drug-likeness (QED) is 0.652. The molecule has 7 heteroatoms. The fraction of sp³-hybridized carbons (Fsp3) is 0.538. The summed E-state index contributed by atoms with van der Waals surface area (Å²) in [6.45, 7) is 0.316. The summed E-state index contributed by atoms with van der Waals surface area (Å²) in [6.07, 6.45) is 1.82. The molecule has 1 aromatic carbocycles. The van der Waals surface area contributed by atoms with Crippen LogP contribution in [0.25, 0.3) is 0 Å². The Morgan fingerprint density at radius 3 is 2.50 bits per heavy atom. The zero-order valence-corrected chi connectivity index (χ0v) is 12.2. The Balaban J connectivity index is 2.01. The lowest BCUT2D eigenvalue weighted by atomic mass is 10.2. The molecule has 1 atom stereocenters. The van der Waals surface area contributed by atoms with E-state index in [4.69, 9.17) is 9.84 Å². The second kappa shape index (κ2) is 6.53. The number of nitrogens with one attached hydrogen (secondary N) is 2. The van der Waals surface area contributed by atoms with Crippen LogP contribution in [0.15, 0.2) is 29.2 Å². The molecule has 1 aliphatic carbocycles. The molecule has 1 aromatic rings. The lowest BCUT2D eigenvalue weighted by molar-refractivity contribution is 0.153. The summed E-state index contributed by atoms with van der Waals surface area (Å²) >= 11 is 0. The number of aliphatic hydroxyl groups is 1. The Kier molecular flexibility index (Phi) is 4.98. The number of anilines is 1. The van der Waals surface area contributed by atoms with E-state index in [-0.39, 0.29) is 23.6 Å². The summed E-state index contributed by atoms with van der Waals surface area (Å²) in [5.41, 5.74) is 0.742. The zero-order chi connectivity index (χ0) is 14.6. The first-order valence-corrected chi connectivity index (χ1v) is 8.02. The van der Waals surface area contributed by atoms with Crippen molar-refractivity contribution < 1.29 is 18.3 Å². The Bertz CT molecular complexity index is 526. The predicted octanol–water partition coefficient (Wildman–Crippen LogP) is 0.546. The van der Waals surface area contributed by atoms with E-state index in [0.29, 0.717) is 6.61 Å². The first kappa shape index (κ1) is 15.2. The maximum absolute atomic E-state index is 12.0. The van der Waals surface area contributed by atoms with Gasteiger partial charge in [-0.25, -0.2) is 13.1 Å². The van der Waals surface area contributed by atoms with Crippen LogP contribution in [0.2, 0.25) is 0 Å². The van der Waals surface area contributed by atoms with Gasteiger partial charge in [0.1, 0.15) is 0 Å². The fourth-order valence-corrected chi connectivity index (χ4v) is 3.10. The van der Waals surface area contributed by atoms with E-state index >= 15 is 0 Å². The van der Waals surface area contributed by atoms with Gasteiger partial charge in [-0.2, -0.15) is 0 Å². The summed E-state index contributed by atoms with van der Waals surface area (Å²) in [4.78, 5) is 0.252. The molecule has 0 bridgehead atoms. The molecule has 0 heterocycles. The second-order valence-corrected chi connectivity index (χ2v) is 6.61. The predicted molar refractivity (Wildman–Crippen MR) is 76.2 cm³/mol. The molecule has 20 heavy (non-hydrogen) atoms. The van der Waals surface area contributed by atoms with Gasteiger partial charge in [-0.1, -0.05) is 0 Å². The van der Waals surface area contributed by atoms with Crippen LogP contribution >= 0.6 is 0 Å². The van der Waals surface area contributed by atoms with Crippen molar-refractivity contribution in [2.75, 3.05) is 25.6 Å². The monoisotopic (exact) mass is 300 g/mol. The summed E-state index contributed by atoms with van der Waals surface area (Å²) in [5.74, 6) is 0. The van der Waals surface area contributed by atoms with Crippen LogP contribution in [0.5, 0.6) is 0 Å². The fourth-order valence-electron chi connectivity index (χ4n) is 1.80. The van der Waals surface area contributed by atoms with E-state index in [1.54, 1.807) is 31.4 Å². The van der Waals surface area contributed by atoms with Crippen molar-refractivity contribution in [1.82, 2.24) is 4.72 Å². The molecule has 0 amide bonds. The van der Waals surface area contributed by atoms with Crippen molar-refractivity contribution in [3.05, 3.63) is 24.3 Å². The first-order valence-electron chi connectivity index (χ1n) is 6.54. The second-order valence-electron chi connectivity index (χ2n) is 4.90. The molecule has 0 aromatic heterocycles. The number of rotatable bonds is 8. The number of ether oxygens (including phenoxy) is 1. The molecular weight excluding hydrogens is 280 g/mol. The molecular formula is C13H20N2O4S. The molecule has 1 unspecified atom stereocenters. The Labute approximate surface area is 119 Å². The standard InChI is InChI=1S/C13H20N2O4S/c1-19-9-12(8-16)14-10-4-6-13(7-5-10)20(17,18)15-11-2-3-11/h4-7,11-12,14-16H,2-3,8-9H2,1H3. The van der Waals surface area contributed by atoms with Crippen LogP contribution in [0.1, 0.15) is 12.8 Å². The van der Waals surface area contributed by atoms with Gasteiger partial charge in [-0.05, 0) is 37.1 Å². The van der Waals surface area contributed by atoms with Crippen molar-refractivity contribution >= 4 is 15.7 Å². The third-order valence-electron chi connectivity index (χ3n) is 3.02. The number of aliphatic hydroxyl groups excluding tert-OH is 1. The Morgan fingerprint density at radius 1 is 1.35 bits per heavy atom. The maximum Gasteiger partial charge on any atom is 0.240 e. The van der Waals surface area contributed by atoms with Gasteiger partial charge in [0.25, 0.3) is 0 Å². The van der Waals surface area contributed by atoms with Gasteiger partial charge < -0.3 is 15.2 Å². The lowest BCUT2D eigenvalue weighted by Crippen LogP contribution is -2.29. The van der Waals surface area contributed by atoms with Gasteiger partial charge in [-0.3, -0.25) is 0 Å². The number of methoxy groups -OCH3 is 1. The molecule has 6 nitrogen and oxygen atoms in total. The number of hydrogen-bond acceptors (Lipinski definition) is 5. The van der Waals surface area contributed by atoms with Crippen LogP contribution in [-0.4, -0.2) is 45.9 Å². The summed E-state index contributed by atoms with van der Waals surface area (Å²) in [5, 5.41) is 12.2. The van der Waals surface area contributed by atoms with Crippen LogP contribution < -0.4 is 10.0 Å². The average Bonchev–Trinajstić information content (AvgIpc) is 3.22. The van der Waals surface area contributed by atoms with Gasteiger partial charge in [-0.15, -0.1) is 0 Å².